The van der Waals surface area contributed by atoms with Crippen LogP contribution in [-0.2, 0) is 11.3 Å². The lowest BCUT2D eigenvalue weighted by molar-refractivity contribution is 0.154. The summed E-state index contributed by atoms with van der Waals surface area (Å²) in [5, 5.41) is 1.21. The summed E-state index contributed by atoms with van der Waals surface area (Å²) in [5.74, 6) is 0. The topological polar surface area (TPSA) is 28.3 Å². The van der Waals surface area contributed by atoms with Gasteiger partial charge in [0, 0.05) is 23.6 Å². The molecular weight excluding hydrogens is 231 g/mol. The number of H-pyrrole nitrogens is 1. The molecule has 1 aliphatic rings. The molecule has 1 saturated heterocycles. The van der Waals surface area contributed by atoms with Crippen molar-refractivity contribution in [3.8, 4) is 0 Å². The molecule has 0 unspecified atom stereocenters. The number of benzene rings is 1. The monoisotopic (exact) mass is 248 g/mol. The first-order valence-corrected chi connectivity index (χ1v) is 6.23. The Labute approximate surface area is 106 Å². The van der Waals surface area contributed by atoms with Gasteiger partial charge < -0.3 is 9.72 Å². The van der Waals surface area contributed by atoms with Crippen molar-refractivity contribution in [1.29, 1.82) is 0 Å². The normalized spacial score (nSPS) is 24.2. The molecule has 1 N–H and O–H groups in total. The average Bonchev–Trinajstić information content (AvgIpc) is 2.97. The van der Waals surface area contributed by atoms with Crippen LogP contribution in [0, 0.1) is 0 Å². The van der Waals surface area contributed by atoms with Gasteiger partial charge >= 0.3 is 0 Å². The maximum absolute atomic E-state index is 13.6. The zero-order valence-electron chi connectivity index (χ0n) is 10.4. The highest BCUT2D eigenvalue weighted by Crippen LogP contribution is 2.22. The van der Waals surface area contributed by atoms with Crippen LogP contribution >= 0.6 is 0 Å². The van der Waals surface area contributed by atoms with Gasteiger partial charge in [0.2, 0.25) is 0 Å². The highest BCUT2D eigenvalue weighted by Gasteiger charge is 2.31. The van der Waals surface area contributed by atoms with Gasteiger partial charge in [-0.3, -0.25) is 4.90 Å². The van der Waals surface area contributed by atoms with Gasteiger partial charge in [0.25, 0.3) is 0 Å². The van der Waals surface area contributed by atoms with Crippen molar-refractivity contribution < 1.29 is 9.13 Å². The molecule has 1 aromatic carbocycles. The summed E-state index contributed by atoms with van der Waals surface area (Å²) in [5.41, 5.74) is 2.33. The second-order valence-electron chi connectivity index (χ2n) is 4.90. The van der Waals surface area contributed by atoms with Crippen LogP contribution in [0.1, 0.15) is 5.56 Å². The summed E-state index contributed by atoms with van der Waals surface area (Å²) in [7, 11) is 1.95. The number of rotatable bonds is 3. The molecule has 3 rings (SSSR count). The number of hydrogen-bond donors (Lipinski definition) is 1. The van der Waals surface area contributed by atoms with Crippen LogP contribution in [0.3, 0.4) is 0 Å². The third-order valence-corrected chi connectivity index (χ3v) is 3.64. The molecule has 2 heterocycles. The van der Waals surface area contributed by atoms with Crippen molar-refractivity contribution in [3.05, 3.63) is 36.0 Å². The number of nitrogens with zero attached hydrogens (tertiary/aromatic N) is 1. The van der Waals surface area contributed by atoms with E-state index in [4.69, 9.17) is 4.74 Å². The number of para-hydroxylation sites is 1. The predicted octanol–water partition coefficient (Wildman–Crippen LogP) is 2.34. The van der Waals surface area contributed by atoms with Gasteiger partial charge in [-0.05, 0) is 18.7 Å². The van der Waals surface area contributed by atoms with Gasteiger partial charge in [-0.1, -0.05) is 18.2 Å². The number of likely N-dealkylation sites (N-methyl/N-ethyl adjacent to an activating group) is 1. The van der Waals surface area contributed by atoms with E-state index >= 15 is 0 Å². The molecule has 1 fully saturated rings. The van der Waals surface area contributed by atoms with E-state index in [1.165, 1.54) is 10.9 Å². The van der Waals surface area contributed by atoms with Crippen molar-refractivity contribution in [2.24, 2.45) is 0 Å². The van der Waals surface area contributed by atoms with Crippen LogP contribution in [0.2, 0.25) is 0 Å². The number of nitrogens with one attached hydrogen (secondary N) is 1. The molecule has 96 valence electrons. The molecule has 1 aliphatic heterocycles. The summed E-state index contributed by atoms with van der Waals surface area (Å²) in [4.78, 5) is 5.28. The van der Waals surface area contributed by atoms with Crippen LogP contribution in [0.15, 0.2) is 30.5 Å². The minimum absolute atomic E-state index is 0.126. The smallest absolute Gasteiger partial charge is 0.141 e. The van der Waals surface area contributed by atoms with Gasteiger partial charge in [0.15, 0.2) is 0 Å². The quantitative estimate of drug-likeness (QED) is 0.903. The number of fused-ring (bicyclic) bond motifs is 1. The van der Waals surface area contributed by atoms with Crippen molar-refractivity contribution >= 4 is 10.9 Å². The van der Waals surface area contributed by atoms with E-state index < -0.39 is 6.17 Å². The van der Waals surface area contributed by atoms with Gasteiger partial charge in [-0.2, -0.15) is 0 Å². The molecule has 0 radical (unpaired) electrons. The minimum Gasteiger partial charge on any atom is -0.377 e. The van der Waals surface area contributed by atoms with E-state index in [9.17, 15) is 4.39 Å². The van der Waals surface area contributed by atoms with E-state index in [0.29, 0.717) is 6.61 Å². The van der Waals surface area contributed by atoms with Crippen LogP contribution < -0.4 is 0 Å². The van der Waals surface area contributed by atoms with Crippen LogP contribution in [0.5, 0.6) is 0 Å². The average molecular weight is 248 g/mol. The zero-order valence-corrected chi connectivity index (χ0v) is 10.4. The van der Waals surface area contributed by atoms with Crippen molar-refractivity contribution in [3.63, 3.8) is 0 Å². The fraction of sp³-hybridized carbons (Fsp3) is 0.429. The molecule has 2 aromatic rings. The Balaban J connectivity index is 1.79. The van der Waals surface area contributed by atoms with Crippen LogP contribution in [0.25, 0.3) is 10.9 Å². The van der Waals surface area contributed by atoms with Crippen LogP contribution in [-0.4, -0.2) is 42.4 Å². The molecule has 1 aromatic heterocycles. The molecule has 0 spiro atoms. The molecule has 18 heavy (non-hydrogen) atoms. The zero-order chi connectivity index (χ0) is 12.5. The van der Waals surface area contributed by atoms with Crippen LogP contribution in [0.4, 0.5) is 4.39 Å². The Hall–Kier alpha value is -1.39. The minimum atomic E-state index is -0.875. The molecule has 4 heteroatoms. The molecule has 0 amide bonds. The second kappa shape index (κ2) is 4.71. The van der Waals surface area contributed by atoms with Gasteiger partial charge in [0.05, 0.1) is 19.3 Å². The highest BCUT2D eigenvalue weighted by atomic mass is 19.1. The summed E-state index contributed by atoms with van der Waals surface area (Å²) in [6.45, 7) is 1.45. The lowest BCUT2D eigenvalue weighted by atomic mass is 10.1. The first-order chi connectivity index (χ1) is 8.75. The summed E-state index contributed by atoms with van der Waals surface area (Å²) < 4.78 is 18.8. The summed E-state index contributed by atoms with van der Waals surface area (Å²) in [6, 6.07) is 8.05. The van der Waals surface area contributed by atoms with Gasteiger partial charge in [-0.25, -0.2) is 4.39 Å². The standard InChI is InChI=1S/C14H17FN2O/c1-17(14-9-18-8-12(14)15)7-10-6-16-13-5-3-2-4-11(10)13/h2-6,12,14,16H,7-9H2,1H3/t12-,14-/m1/s1. The first kappa shape index (κ1) is 11.7. The predicted molar refractivity (Wildman–Crippen MR) is 69.3 cm³/mol. The SMILES string of the molecule is CN(Cc1c[nH]c2ccccc12)[C@@H]1COC[C@H]1F. The number of aromatic nitrogens is 1. The number of ether oxygens (including phenoxy) is 1. The Kier molecular flexibility index (Phi) is 3.06. The number of aromatic amines is 1. The number of alkyl halides is 1. The lowest BCUT2D eigenvalue weighted by Crippen LogP contribution is -2.37. The molecule has 2 atom stereocenters. The maximum atomic E-state index is 13.6. The van der Waals surface area contributed by atoms with Crippen molar-refractivity contribution in [1.82, 2.24) is 9.88 Å². The van der Waals surface area contributed by atoms with Gasteiger partial charge in [-0.15, -0.1) is 0 Å². The van der Waals surface area contributed by atoms with E-state index in [1.54, 1.807) is 0 Å². The third-order valence-electron chi connectivity index (χ3n) is 3.64. The Morgan fingerprint density at radius 3 is 3.00 bits per heavy atom. The Bertz CT molecular complexity index is 539. The molecular formula is C14H17FN2O. The molecule has 3 nitrogen and oxygen atoms in total. The molecule has 0 bridgehead atoms. The molecule has 0 aliphatic carbocycles. The maximum Gasteiger partial charge on any atom is 0.141 e. The van der Waals surface area contributed by atoms with E-state index in [0.717, 1.165) is 12.1 Å². The van der Waals surface area contributed by atoms with E-state index in [2.05, 4.69) is 17.1 Å². The van der Waals surface area contributed by atoms with E-state index in [1.807, 2.05) is 30.3 Å². The van der Waals surface area contributed by atoms with Gasteiger partial charge in [0.1, 0.15) is 6.17 Å². The fourth-order valence-electron chi connectivity index (χ4n) is 2.57. The van der Waals surface area contributed by atoms with Crippen molar-refractivity contribution in [2.75, 3.05) is 20.3 Å². The van der Waals surface area contributed by atoms with E-state index in [-0.39, 0.29) is 12.6 Å². The highest BCUT2D eigenvalue weighted by molar-refractivity contribution is 5.82. The first-order valence-electron chi connectivity index (χ1n) is 6.23. The number of hydrogen-bond acceptors (Lipinski definition) is 2. The Morgan fingerprint density at radius 2 is 2.22 bits per heavy atom. The lowest BCUT2D eigenvalue weighted by Gasteiger charge is -2.24. The Morgan fingerprint density at radius 1 is 1.39 bits per heavy atom. The summed E-state index contributed by atoms with van der Waals surface area (Å²) in [6.07, 6.45) is 1.13. The summed E-state index contributed by atoms with van der Waals surface area (Å²) >= 11 is 0. The largest absolute Gasteiger partial charge is 0.377 e. The second-order valence-corrected chi connectivity index (χ2v) is 4.90. The third kappa shape index (κ3) is 2.02. The molecule has 0 saturated carbocycles. The number of halogens is 1. The van der Waals surface area contributed by atoms with Crippen molar-refractivity contribution in [2.45, 2.75) is 18.8 Å². The fourth-order valence-corrected chi connectivity index (χ4v) is 2.57.